The van der Waals surface area contributed by atoms with Crippen LogP contribution in [0.3, 0.4) is 0 Å². The number of aryl methyl sites for hydroxylation is 1. The van der Waals surface area contributed by atoms with Gasteiger partial charge in [0.15, 0.2) is 5.82 Å². The zero-order chi connectivity index (χ0) is 13.9. The lowest BCUT2D eigenvalue weighted by molar-refractivity contribution is 0.379. The van der Waals surface area contributed by atoms with Crippen LogP contribution in [0.4, 0.5) is 11.9 Å². The number of nitrogens with zero attached hydrogens (tertiary/aromatic N) is 7. The summed E-state index contributed by atoms with van der Waals surface area (Å²) in [6.45, 7) is 2.04. The number of imidazole rings is 1. The maximum atomic E-state index is 5.65. The molecule has 0 bridgehead atoms. The maximum absolute atomic E-state index is 5.65. The number of nitrogen functional groups attached to an aromatic ring is 1. The van der Waals surface area contributed by atoms with Crippen LogP contribution < -0.4 is 11.1 Å². The summed E-state index contributed by atoms with van der Waals surface area (Å²) in [6.07, 6.45) is 4.90. The van der Waals surface area contributed by atoms with Crippen molar-refractivity contribution < 1.29 is 4.52 Å². The van der Waals surface area contributed by atoms with E-state index in [9.17, 15) is 0 Å². The Kier molecular flexibility index (Phi) is 2.95. The molecule has 0 saturated heterocycles. The molecule has 102 valence electrons. The summed E-state index contributed by atoms with van der Waals surface area (Å²) < 4.78 is 6.60. The van der Waals surface area contributed by atoms with Crippen LogP contribution in [0, 0.1) is 6.92 Å². The second kappa shape index (κ2) is 4.91. The van der Waals surface area contributed by atoms with Crippen LogP contribution in [0.25, 0.3) is 5.95 Å². The van der Waals surface area contributed by atoms with Gasteiger partial charge in [0.1, 0.15) is 6.33 Å². The molecule has 0 saturated carbocycles. The maximum Gasteiger partial charge on any atom is 0.246 e. The highest BCUT2D eigenvalue weighted by Crippen LogP contribution is 2.08. The van der Waals surface area contributed by atoms with Crippen LogP contribution in [0.2, 0.25) is 0 Å². The van der Waals surface area contributed by atoms with Gasteiger partial charge in [0, 0.05) is 12.4 Å². The molecule has 10 heteroatoms. The third kappa shape index (κ3) is 2.53. The van der Waals surface area contributed by atoms with Crippen molar-refractivity contribution in [3.05, 3.63) is 30.4 Å². The first kappa shape index (κ1) is 12.0. The molecule has 10 nitrogen and oxygen atoms in total. The topological polar surface area (TPSA) is 133 Å². The minimum Gasteiger partial charge on any atom is -0.368 e. The Bertz CT molecular complexity index is 705. The molecule has 20 heavy (non-hydrogen) atoms. The van der Waals surface area contributed by atoms with E-state index >= 15 is 0 Å². The molecule has 0 aliphatic rings. The van der Waals surface area contributed by atoms with Crippen LogP contribution in [-0.2, 0) is 6.54 Å². The molecule has 3 aromatic heterocycles. The van der Waals surface area contributed by atoms with Crippen molar-refractivity contribution in [3.63, 3.8) is 0 Å². The van der Waals surface area contributed by atoms with Crippen LogP contribution in [-0.4, -0.2) is 34.6 Å². The summed E-state index contributed by atoms with van der Waals surface area (Å²) >= 11 is 0. The van der Waals surface area contributed by atoms with E-state index in [1.807, 2.05) is 0 Å². The second-order valence-corrected chi connectivity index (χ2v) is 3.88. The van der Waals surface area contributed by atoms with Gasteiger partial charge in [-0.3, -0.25) is 4.57 Å². The van der Waals surface area contributed by atoms with Crippen molar-refractivity contribution >= 4 is 11.9 Å². The van der Waals surface area contributed by atoms with Crippen molar-refractivity contribution in [1.29, 1.82) is 0 Å². The summed E-state index contributed by atoms with van der Waals surface area (Å²) in [4.78, 5) is 20.2. The lowest BCUT2D eigenvalue weighted by Gasteiger charge is -2.05. The van der Waals surface area contributed by atoms with E-state index in [1.54, 1.807) is 30.2 Å². The molecule has 0 unspecified atom stereocenters. The molecule has 0 radical (unpaired) electrons. The first-order chi connectivity index (χ1) is 9.70. The van der Waals surface area contributed by atoms with Gasteiger partial charge < -0.3 is 15.6 Å². The summed E-state index contributed by atoms with van der Waals surface area (Å²) in [7, 11) is 0. The number of hydrogen-bond donors (Lipinski definition) is 2. The molecule has 0 fully saturated rings. The highest BCUT2D eigenvalue weighted by atomic mass is 16.5. The largest absolute Gasteiger partial charge is 0.368 e. The van der Waals surface area contributed by atoms with Gasteiger partial charge >= 0.3 is 0 Å². The summed E-state index contributed by atoms with van der Waals surface area (Å²) in [6, 6.07) is 0. The number of nitrogens with one attached hydrogen (secondary N) is 1. The van der Waals surface area contributed by atoms with E-state index in [0.29, 0.717) is 30.2 Å². The van der Waals surface area contributed by atoms with Gasteiger partial charge in [-0.1, -0.05) is 5.16 Å². The molecule has 0 atom stereocenters. The van der Waals surface area contributed by atoms with Crippen molar-refractivity contribution in [1.82, 2.24) is 34.6 Å². The monoisotopic (exact) mass is 273 g/mol. The Morgan fingerprint density at radius 2 is 2.20 bits per heavy atom. The summed E-state index contributed by atoms with van der Waals surface area (Å²) in [5.74, 6) is 1.80. The zero-order valence-electron chi connectivity index (χ0n) is 10.6. The molecule has 3 N–H and O–H groups in total. The Balaban J connectivity index is 1.79. The van der Waals surface area contributed by atoms with Crippen molar-refractivity contribution in [2.45, 2.75) is 13.5 Å². The Morgan fingerprint density at radius 1 is 1.30 bits per heavy atom. The lowest BCUT2D eigenvalue weighted by atomic mass is 10.6. The molecular weight excluding hydrogens is 262 g/mol. The number of rotatable bonds is 4. The van der Waals surface area contributed by atoms with Gasteiger partial charge in [0.2, 0.25) is 23.7 Å². The molecule has 0 amide bonds. The summed E-state index contributed by atoms with van der Waals surface area (Å²) in [5, 5.41) is 6.63. The predicted octanol–water partition coefficient (Wildman–Crippen LogP) is -0.0570. The molecule has 0 aliphatic carbocycles. The first-order valence-electron chi connectivity index (χ1n) is 5.73. The van der Waals surface area contributed by atoms with Crippen LogP contribution in [0.1, 0.15) is 11.7 Å². The molecule has 0 spiro atoms. The molecular formula is C10H11N9O. The number of nitrogens with two attached hydrogens (primary N) is 1. The Morgan fingerprint density at radius 3 is 2.90 bits per heavy atom. The van der Waals surface area contributed by atoms with E-state index in [1.165, 1.54) is 0 Å². The van der Waals surface area contributed by atoms with E-state index in [0.717, 1.165) is 0 Å². The third-order valence-corrected chi connectivity index (χ3v) is 2.34. The van der Waals surface area contributed by atoms with E-state index in [4.69, 9.17) is 10.3 Å². The average molecular weight is 273 g/mol. The fourth-order valence-corrected chi connectivity index (χ4v) is 1.52. The second-order valence-electron chi connectivity index (χ2n) is 3.88. The van der Waals surface area contributed by atoms with Crippen LogP contribution in [0.5, 0.6) is 0 Å². The van der Waals surface area contributed by atoms with Gasteiger partial charge in [-0.25, -0.2) is 4.98 Å². The molecule has 0 aliphatic heterocycles. The molecule has 3 rings (SSSR count). The standard InChI is InChI=1S/C10H11N9O/c1-6-14-7(20-18-6)4-13-9-15-8(11)16-10(17-9)19-3-2-12-5-19/h2-3,5H,4H2,1H3,(H3,11,13,15,16,17). The first-order valence-corrected chi connectivity index (χ1v) is 5.73. The average Bonchev–Trinajstić information content (AvgIpc) is 3.07. The quantitative estimate of drug-likeness (QED) is 0.670. The number of hydrogen-bond acceptors (Lipinski definition) is 9. The van der Waals surface area contributed by atoms with E-state index in [2.05, 4.69) is 35.4 Å². The molecule has 0 aromatic carbocycles. The van der Waals surface area contributed by atoms with E-state index < -0.39 is 0 Å². The van der Waals surface area contributed by atoms with Crippen LogP contribution >= 0.6 is 0 Å². The number of anilines is 2. The summed E-state index contributed by atoms with van der Waals surface area (Å²) in [5.41, 5.74) is 5.65. The smallest absolute Gasteiger partial charge is 0.246 e. The highest BCUT2D eigenvalue weighted by molar-refractivity contribution is 5.35. The van der Waals surface area contributed by atoms with Crippen molar-refractivity contribution in [2.24, 2.45) is 0 Å². The third-order valence-electron chi connectivity index (χ3n) is 2.34. The highest BCUT2D eigenvalue weighted by Gasteiger charge is 2.08. The SMILES string of the molecule is Cc1noc(CNc2nc(N)nc(-n3ccnc3)n2)n1. The molecule has 3 aromatic rings. The Hall–Kier alpha value is -3.04. The zero-order valence-corrected chi connectivity index (χ0v) is 10.6. The van der Waals surface area contributed by atoms with Crippen LogP contribution in [0.15, 0.2) is 23.2 Å². The Labute approximate surface area is 113 Å². The molecule has 3 heterocycles. The van der Waals surface area contributed by atoms with Gasteiger partial charge in [-0.2, -0.15) is 19.9 Å². The predicted molar refractivity (Wildman–Crippen MR) is 67.7 cm³/mol. The fraction of sp³-hybridized carbons (Fsp3) is 0.200. The minimum atomic E-state index is 0.105. The van der Waals surface area contributed by atoms with Gasteiger partial charge in [0.05, 0.1) is 6.54 Å². The van der Waals surface area contributed by atoms with Gasteiger partial charge in [0.25, 0.3) is 0 Å². The van der Waals surface area contributed by atoms with Crippen molar-refractivity contribution in [3.8, 4) is 5.95 Å². The van der Waals surface area contributed by atoms with Gasteiger partial charge in [-0.05, 0) is 6.92 Å². The van der Waals surface area contributed by atoms with E-state index in [-0.39, 0.29) is 5.95 Å². The van der Waals surface area contributed by atoms with Crippen molar-refractivity contribution in [2.75, 3.05) is 11.1 Å². The number of aromatic nitrogens is 7. The van der Waals surface area contributed by atoms with Gasteiger partial charge in [-0.15, -0.1) is 0 Å². The fourth-order valence-electron chi connectivity index (χ4n) is 1.52. The minimum absolute atomic E-state index is 0.105. The lowest BCUT2D eigenvalue weighted by Crippen LogP contribution is -2.10. The normalized spacial score (nSPS) is 10.7.